The molecular weight excluding hydrogens is 384 g/mol. The third-order valence-corrected chi connectivity index (χ3v) is 7.59. The number of nitrogens with zero attached hydrogens (tertiary/aromatic N) is 1. The van der Waals surface area contributed by atoms with Gasteiger partial charge in [-0.1, -0.05) is 43.5 Å². The van der Waals surface area contributed by atoms with Gasteiger partial charge in [0.25, 0.3) is 5.91 Å². The first-order valence-corrected chi connectivity index (χ1v) is 11.7. The van der Waals surface area contributed by atoms with Crippen molar-refractivity contribution in [2.24, 2.45) is 0 Å². The van der Waals surface area contributed by atoms with Crippen molar-refractivity contribution in [3.8, 4) is 0 Å². The molecule has 6 heteroatoms. The Labute approximate surface area is 174 Å². The minimum Gasteiger partial charge on any atom is -0.346 e. The van der Waals surface area contributed by atoms with E-state index >= 15 is 0 Å². The van der Waals surface area contributed by atoms with Gasteiger partial charge in [0.05, 0.1) is 10.9 Å². The average Bonchev–Trinajstić information content (AvgIpc) is 2.74. The summed E-state index contributed by atoms with van der Waals surface area (Å²) in [7, 11) is -0.442. The fourth-order valence-corrected chi connectivity index (χ4v) is 4.75. The first kappa shape index (κ1) is 21.5. The van der Waals surface area contributed by atoms with Gasteiger partial charge in [0.1, 0.15) is 0 Å². The van der Waals surface area contributed by atoms with Gasteiger partial charge in [-0.15, -0.1) is 0 Å². The Bertz CT molecular complexity index is 929. The van der Waals surface area contributed by atoms with Crippen molar-refractivity contribution >= 4 is 15.9 Å². The molecule has 0 bridgehead atoms. The number of carbonyl (C=O) groups is 1. The van der Waals surface area contributed by atoms with Crippen LogP contribution in [0.3, 0.4) is 0 Å². The smallest absolute Gasteiger partial charge is 0.251 e. The van der Waals surface area contributed by atoms with E-state index in [1.165, 1.54) is 56.1 Å². The summed E-state index contributed by atoms with van der Waals surface area (Å²) in [6.45, 7) is 1.89. The SMILES string of the molecule is CC(NC(=O)c1ccc(C2CCCCC2)cc1)c1ccc(S(=O)(=O)N(C)C)cc1. The van der Waals surface area contributed by atoms with Crippen molar-refractivity contribution in [3.05, 3.63) is 65.2 Å². The molecule has 1 aliphatic carbocycles. The molecule has 1 saturated carbocycles. The normalized spacial score (nSPS) is 16.6. The molecule has 0 aliphatic heterocycles. The van der Waals surface area contributed by atoms with Crippen molar-refractivity contribution < 1.29 is 13.2 Å². The Kier molecular flexibility index (Phi) is 6.75. The van der Waals surface area contributed by atoms with Crippen LogP contribution in [0.2, 0.25) is 0 Å². The molecule has 5 nitrogen and oxygen atoms in total. The number of sulfonamides is 1. The second-order valence-electron chi connectivity index (χ2n) is 8.01. The highest BCUT2D eigenvalue weighted by Crippen LogP contribution is 2.32. The molecule has 1 aliphatic rings. The summed E-state index contributed by atoms with van der Waals surface area (Å²) >= 11 is 0. The number of carbonyl (C=O) groups excluding carboxylic acids is 1. The minimum absolute atomic E-state index is 0.127. The zero-order valence-electron chi connectivity index (χ0n) is 17.4. The molecule has 2 aromatic carbocycles. The molecule has 0 aromatic heterocycles. The Morgan fingerprint density at radius 2 is 1.55 bits per heavy atom. The Hall–Kier alpha value is -2.18. The Balaban J connectivity index is 1.64. The lowest BCUT2D eigenvalue weighted by atomic mass is 9.84. The fourth-order valence-electron chi connectivity index (χ4n) is 3.85. The van der Waals surface area contributed by atoms with Crippen LogP contribution in [-0.4, -0.2) is 32.7 Å². The standard InChI is InChI=1S/C23H30N2O3S/c1-17(18-13-15-22(16-14-18)29(27,28)25(2)3)24-23(26)21-11-9-20(10-12-21)19-7-5-4-6-8-19/h9-17,19H,4-8H2,1-3H3,(H,24,26). The summed E-state index contributed by atoms with van der Waals surface area (Å²) in [5.74, 6) is 0.495. The van der Waals surface area contributed by atoms with Crippen molar-refractivity contribution in [2.45, 2.75) is 55.9 Å². The van der Waals surface area contributed by atoms with Crippen LogP contribution >= 0.6 is 0 Å². The molecule has 1 atom stereocenters. The third kappa shape index (κ3) is 5.06. The molecule has 1 fully saturated rings. The zero-order valence-corrected chi connectivity index (χ0v) is 18.2. The largest absolute Gasteiger partial charge is 0.346 e. The van der Waals surface area contributed by atoms with E-state index in [0.29, 0.717) is 11.5 Å². The van der Waals surface area contributed by atoms with Gasteiger partial charge in [0, 0.05) is 19.7 Å². The van der Waals surface area contributed by atoms with E-state index in [-0.39, 0.29) is 16.8 Å². The number of amides is 1. The van der Waals surface area contributed by atoms with E-state index in [4.69, 9.17) is 0 Å². The molecule has 1 N–H and O–H groups in total. The Morgan fingerprint density at radius 3 is 2.10 bits per heavy atom. The number of hydrogen-bond donors (Lipinski definition) is 1. The van der Waals surface area contributed by atoms with Crippen molar-refractivity contribution in [2.75, 3.05) is 14.1 Å². The highest BCUT2D eigenvalue weighted by atomic mass is 32.2. The number of rotatable bonds is 6. The van der Waals surface area contributed by atoms with E-state index in [1.807, 2.05) is 19.1 Å². The minimum atomic E-state index is -3.45. The monoisotopic (exact) mass is 414 g/mol. The van der Waals surface area contributed by atoms with Crippen molar-refractivity contribution in [1.82, 2.24) is 9.62 Å². The maximum absolute atomic E-state index is 12.6. The summed E-state index contributed by atoms with van der Waals surface area (Å²) in [5.41, 5.74) is 2.82. The van der Waals surface area contributed by atoms with Gasteiger partial charge in [-0.25, -0.2) is 12.7 Å². The van der Waals surface area contributed by atoms with E-state index in [1.54, 1.807) is 24.3 Å². The molecule has 0 heterocycles. The number of nitrogens with one attached hydrogen (secondary N) is 1. The lowest BCUT2D eigenvalue weighted by molar-refractivity contribution is 0.0940. The predicted octanol–water partition coefficient (Wildman–Crippen LogP) is 4.48. The van der Waals surface area contributed by atoms with Crippen LogP contribution in [0.15, 0.2) is 53.4 Å². The molecule has 156 valence electrons. The second kappa shape index (κ2) is 9.09. The average molecular weight is 415 g/mol. The zero-order chi connectivity index (χ0) is 21.0. The van der Waals surface area contributed by atoms with E-state index in [2.05, 4.69) is 17.4 Å². The maximum atomic E-state index is 12.6. The lowest BCUT2D eigenvalue weighted by Crippen LogP contribution is -2.27. The summed E-state index contributed by atoms with van der Waals surface area (Å²) in [5, 5.41) is 2.99. The van der Waals surface area contributed by atoms with Gasteiger partial charge < -0.3 is 5.32 Å². The number of hydrogen-bond acceptors (Lipinski definition) is 3. The van der Waals surface area contributed by atoms with Gasteiger partial charge in [0.15, 0.2) is 0 Å². The van der Waals surface area contributed by atoms with Crippen LogP contribution in [0.1, 0.15) is 72.5 Å². The highest BCUT2D eigenvalue weighted by molar-refractivity contribution is 7.89. The molecular formula is C23H30N2O3S. The topological polar surface area (TPSA) is 66.5 Å². The molecule has 0 saturated heterocycles. The van der Waals surface area contributed by atoms with Crippen LogP contribution in [-0.2, 0) is 10.0 Å². The van der Waals surface area contributed by atoms with Gasteiger partial charge >= 0.3 is 0 Å². The first-order chi connectivity index (χ1) is 13.8. The van der Waals surface area contributed by atoms with E-state index in [9.17, 15) is 13.2 Å². The molecule has 3 rings (SSSR count). The van der Waals surface area contributed by atoms with Gasteiger partial charge in [-0.3, -0.25) is 4.79 Å². The molecule has 0 spiro atoms. The molecule has 1 unspecified atom stereocenters. The summed E-state index contributed by atoms with van der Waals surface area (Å²) in [6.07, 6.45) is 6.39. The highest BCUT2D eigenvalue weighted by Gasteiger charge is 2.19. The van der Waals surface area contributed by atoms with Crippen LogP contribution in [0, 0.1) is 0 Å². The van der Waals surface area contributed by atoms with Crippen molar-refractivity contribution in [1.29, 1.82) is 0 Å². The van der Waals surface area contributed by atoms with E-state index < -0.39 is 10.0 Å². The molecule has 29 heavy (non-hydrogen) atoms. The summed E-state index contributed by atoms with van der Waals surface area (Å²) in [6, 6.07) is 14.4. The van der Waals surface area contributed by atoms with Gasteiger partial charge in [0.2, 0.25) is 10.0 Å². The van der Waals surface area contributed by atoms with Crippen molar-refractivity contribution in [3.63, 3.8) is 0 Å². The first-order valence-electron chi connectivity index (χ1n) is 10.2. The van der Waals surface area contributed by atoms with Crippen LogP contribution < -0.4 is 5.32 Å². The van der Waals surface area contributed by atoms with Crippen LogP contribution in [0.4, 0.5) is 0 Å². The molecule has 2 aromatic rings. The van der Waals surface area contributed by atoms with Crippen LogP contribution in [0.25, 0.3) is 0 Å². The maximum Gasteiger partial charge on any atom is 0.251 e. The number of benzene rings is 2. The molecule has 1 amide bonds. The second-order valence-corrected chi connectivity index (χ2v) is 10.2. The van der Waals surface area contributed by atoms with Gasteiger partial charge in [-0.05, 0) is 61.1 Å². The molecule has 0 radical (unpaired) electrons. The predicted molar refractivity (Wildman–Crippen MR) is 115 cm³/mol. The summed E-state index contributed by atoms with van der Waals surface area (Å²) < 4.78 is 25.5. The third-order valence-electron chi connectivity index (χ3n) is 5.76. The summed E-state index contributed by atoms with van der Waals surface area (Å²) in [4.78, 5) is 12.9. The van der Waals surface area contributed by atoms with Gasteiger partial charge in [-0.2, -0.15) is 0 Å². The lowest BCUT2D eigenvalue weighted by Gasteiger charge is -2.22. The Morgan fingerprint density at radius 1 is 0.966 bits per heavy atom. The quantitative estimate of drug-likeness (QED) is 0.758. The van der Waals surface area contributed by atoms with E-state index in [0.717, 1.165) is 5.56 Å². The van der Waals surface area contributed by atoms with Crippen LogP contribution in [0.5, 0.6) is 0 Å². The fraction of sp³-hybridized carbons (Fsp3) is 0.435.